The molecule has 12 heterocycles. The fraction of sp³-hybridized carbons (Fsp3) is 0.200. The normalized spacial score (nSPS) is 12.4. The second-order valence-corrected chi connectivity index (χ2v) is 25.5. The Morgan fingerprint density at radius 2 is 0.892 bits per heavy atom. The minimum atomic E-state index is 0.575. The molecule has 102 heavy (non-hydrogen) atoms. The Labute approximate surface area is 616 Å². The number of methoxy groups -OCH3 is 2. The predicted molar refractivity (Wildman–Crippen MR) is 419 cm³/mol. The molecule has 0 unspecified atom stereocenters. The Hall–Kier alpha value is -10.8. The summed E-state index contributed by atoms with van der Waals surface area (Å²) in [6, 6.07) is 67.3. The maximum absolute atomic E-state index is 7.97. The molecule has 10 aromatic heterocycles. The van der Waals surface area contributed by atoms with E-state index in [4.69, 9.17) is 35.1 Å². The van der Waals surface area contributed by atoms with Gasteiger partial charge in [0, 0.05) is 61.1 Å². The number of nitrogens with zero attached hydrogens (tertiary/aromatic N) is 13. The van der Waals surface area contributed by atoms with E-state index in [-0.39, 0.29) is 0 Å². The summed E-state index contributed by atoms with van der Waals surface area (Å²) in [5.41, 5.74) is 14.9. The van der Waals surface area contributed by atoms with Gasteiger partial charge >= 0.3 is 0 Å². The Balaban J connectivity index is 0.000000127. The van der Waals surface area contributed by atoms with Gasteiger partial charge in [0.25, 0.3) is 0 Å². The molecule has 2 aliphatic rings. The molecule has 0 radical (unpaired) electrons. The van der Waals surface area contributed by atoms with Crippen molar-refractivity contribution < 1.29 is 18.9 Å². The number of hydrogen-bond donors (Lipinski definition) is 3. The van der Waals surface area contributed by atoms with E-state index < -0.39 is 0 Å². The molecule has 0 saturated carbocycles. The third-order valence-corrected chi connectivity index (χ3v) is 17.8. The van der Waals surface area contributed by atoms with Crippen molar-refractivity contribution in [1.29, 1.82) is 5.41 Å². The van der Waals surface area contributed by atoms with Crippen LogP contribution in [0.2, 0.25) is 0 Å². The molecule has 2 saturated heterocycles. The Morgan fingerprint density at radius 1 is 0.471 bits per heavy atom. The van der Waals surface area contributed by atoms with Gasteiger partial charge in [-0.25, -0.2) is 34.9 Å². The first-order valence-corrected chi connectivity index (χ1v) is 35.7. The topological polar surface area (TPSA) is 213 Å². The van der Waals surface area contributed by atoms with E-state index in [1.807, 2.05) is 231 Å². The molecule has 4 aromatic carbocycles. The van der Waals surface area contributed by atoms with Crippen LogP contribution >= 0.6 is 38.5 Å². The molecule has 0 amide bonds. The van der Waals surface area contributed by atoms with Crippen LogP contribution in [0, 0.1) is 9.11 Å². The van der Waals surface area contributed by atoms with Crippen LogP contribution in [-0.4, -0.2) is 135 Å². The van der Waals surface area contributed by atoms with Crippen molar-refractivity contribution >= 4 is 95.8 Å². The number of halogens is 2. The second kappa shape index (κ2) is 38.1. The van der Waals surface area contributed by atoms with Crippen molar-refractivity contribution in [3.63, 3.8) is 0 Å². The van der Waals surface area contributed by atoms with Gasteiger partial charge in [0.05, 0.1) is 76.0 Å². The Morgan fingerprint density at radius 3 is 1.41 bits per heavy atom. The van der Waals surface area contributed by atoms with Gasteiger partial charge in [-0.3, -0.25) is 23.0 Å². The number of likely N-dealkylation sites (tertiary alicyclic amines) is 2. The lowest BCUT2D eigenvalue weighted by atomic mass is 10.0. The van der Waals surface area contributed by atoms with Gasteiger partial charge < -0.3 is 39.8 Å². The van der Waals surface area contributed by atoms with Crippen molar-refractivity contribution in [2.45, 2.75) is 38.5 Å². The number of nitrogen functional groups attached to an aromatic ring is 1. The molecule has 22 heteroatoms. The molecule has 2 fully saturated rings. The smallest absolute Gasteiger partial charge is 0.179 e. The summed E-state index contributed by atoms with van der Waals surface area (Å²) in [4.78, 5) is 35.4. The third kappa shape index (κ3) is 20.7. The van der Waals surface area contributed by atoms with E-state index in [9.17, 15) is 0 Å². The number of nitrogens with two attached hydrogens (primary N) is 1. The van der Waals surface area contributed by atoms with Crippen molar-refractivity contribution in [2.24, 2.45) is 4.99 Å². The molecule has 0 aliphatic carbocycles. The van der Waals surface area contributed by atoms with Gasteiger partial charge in [0.15, 0.2) is 28.8 Å². The molecule has 16 rings (SSSR count). The highest BCUT2D eigenvalue weighted by atomic mass is 127. The highest BCUT2D eigenvalue weighted by molar-refractivity contribution is 14.1. The fourth-order valence-electron chi connectivity index (χ4n) is 11.4. The zero-order valence-electron chi connectivity index (χ0n) is 57.1. The molecule has 0 bridgehead atoms. The Bertz CT molecular complexity index is 4740. The van der Waals surface area contributed by atoms with Crippen LogP contribution in [0.5, 0.6) is 23.0 Å². The quantitative estimate of drug-likeness (QED) is 0.0297. The minimum absolute atomic E-state index is 0.575. The number of imidazole rings is 4. The summed E-state index contributed by atoms with van der Waals surface area (Å²) in [6.07, 6.45) is 25.6. The SMILES string of the molecule is COc1cnc(Br)cc1OCCCN1CCCC1.COc1cnc(Nc2cnc3ccccn23)cc1OCCCN1CCCC1.Ic1cnc2ccccn12.N=C(c1ccccc1)c1ccccc1.Nc1cnc2ccccn12.c1ccc(C(=Nc2cnc3ccccn23)c2ccccc2)cc1. The summed E-state index contributed by atoms with van der Waals surface area (Å²) in [7, 11) is 3.26. The largest absolute Gasteiger partial charge is 0.491 e. The van der Waals surface area contributed by atoms with Gasteiger partial charge in [-0.15, -0.1) is 0 Å². The first kappa shape index (κ1) is 72.5. The molecular formula is C80H82BrIN16O4. The molecule has 0 atom stereocenters. The number of fused-ring (bicyclic) bond motifs is 4. The molecule has 4 N–H and O–H groups in total. The number of pyridine rings is 6. The lowest BCUT2D eigenvalue weighted by Crippen LogP contribution is -2.21. The number of ether oxygens (including phenoxy) is 4. The van der Waals surface area contributed by atoms with Gasteiger partial charge in [-0.1, -0.05) is 146 Å². The average molecular weight is 1540 g/mol. The highest BCUT2D eigenvalue weighted by Crippen LogP contribution is 2.31. The fourth-order valence-corrected chi connectivity index (χ4v) is 12.2. The van der Waals surface area contributed by atoms with Crippen LogP contribution in [0.3, 0.4) is 0 Å². The maximum atomic E-state index is 7.97. The van der Waals surface area contributed by atoms with Gasteiger partial charge in [0.2, 0.25) is 0 Å². The highest BCUT2D eigenvalue weighted by Gasteiger charge is 2.15. The molecule has 20 nitrogen and oxygen atoms in total. The van der Waals surface area contributed by atoms with E-state index >= 15 is 0 Å². The summed E-state index contributed by atoms with van der Waals surface area (Å²) in [5, 5.41) is 11.3. The Kier molecular flexibility index (Phi) is 27.1. The van der Waals surface area contributed by atoms with Crippen LogP contribution in [0.1, 0.15) is 60.8 Å². The van der Waals surface area contributed by atoms with Crippen molar-refractivity contribution in [1.82, 2.24) is 57.3 Å². The van der Waals surface area contributed by atoms with Gasteiger partial charge in [0.1, 0.15) is 48.3 Å². The number of aromatic nitrogens is 10. The predicted octanol–water partition coefficient (Wildman–Crippen LogP) is 16.5. The van der Waals surface area contributed by atoms with Crippen molar-refractivity contribution in [3.8, 4) is 23.0 Å². The maximum Gasteiger partial charge on any atom is 0.179 e. The molecule has 14 aromatic rings. The molecular weight excluding hydrogens is 1460 g/mol. The summed E-state index contributed by atoms with van der Waals surface area (Å²) in [5.74, 6) is 5.81. The first-order valence-electron chi connectivity index (χ1n) is 33.9. The zero-order valence-corrected chi connectivity index (χ0v) is 60.8. The van der Waals surface area contributed by atoms with E-state index in [1.165, 1.54) is 51.9 Å². The standard InChI is InChI=1S/C20H25N5O2.C20H15N3.C13H19BrN2O2.C13H11N.C7H5IN2.C7H7N3/c1-26-17-14-21-18(23-20-15-22-19-7-2-3-11-25(19)20)13-16(17)27-12-6-10-24-8-4-5-9-24;1-3-9-16(10-4-1)20(17-11-5-2-6-12-17)22-19-15-21-18-13-7-8-14-23(18)19;1-17-12-10-15-13(14)9-11(12)18-8-4-7-16-5-2-3-6-16;14-13(11-7-3-1-4-8-11)12-9-5-2-6-10-12;2*8-6-5-9-7-3-1-2-4-10(6)7/h2-3,7,11,13-15H,4-6,8-10,12H2,1H3,(H,21,23);1-15H;9-10H,2-8H2,1H3;1-10,14H;1-5H;1-5H,8H2. The molecule has 520 valence electrons. The average Bonchev–Trinajstić information content (AvgIpc) is 1.62. The number of rotatable bonds is 19. The van der Waals surface area contributed by atoms with E-state index in [0.717, 1.165) is 102 Å². The number of hydrogen-bond acceptors (Lipinski definition) is 16. The zero-order chi connectivity index (χ0) is 70.5. The third-order valence-electron chi connectivity index (χ3n) is 16.6. The van der Waals surface area contributed by atoms with E-state index in [0.29, 0.717) is 47.8 Å². The molecule has 0 spiro atoms. The lowest BCUT2D eigenvalue weighted by molar-refractivity contribution is 0.253. The van der Waals surface area contributed by atoms with Crippen LogP contribution < -0.4 is 30.0 Å². The van der Waals surface area contributed by atoms with Gasteiger partial charge in [-0.05, 0) is 163 Å². The molecule has 2 aliphatic heterocycles. The number of anilines is 3. The summed E-state index contributed by atoms with van der Waals surface area (Å²) >= 11 is 5.59. The summed E-state index contributed by atoms with van der Waals surface area (Å²) < 4.78 is 32.1. The minimum Gasteiger partial charge on any atom is -0.491 e. The van der Waals surface area contributed by atoms with E-state index in [1.54, 1.807) is 45.2 Å². The monoisotopic (exact) mass is 1540 g/mol. The lowest BCUT2D eigenvalue weighted by Gasteiger charge is -2.16. The number of aliphatic imine (C=N–C) groups is 1. The van der Waals surface area contributed by atoms with Crippen molar-refractivity contribution in [3.05, 3.63) is 299 Å². The van der Waals surface area contributed by atoms with Crippen LogP contribution in [-0.2, 0) is 0 Å². The van der Waals surface area contributed by atoms with Crippen LogP contribution in [0.4, 0.5) is 23.3 Å². The first-order chi connectivity index (χ1) is 50.2. The summed E-state index contributed by atoms with van der Waals surface area (Å²) in [6.45, 7) is 8.48. The number of nitrogens with one attached hydrogen (secondary N) is 2. The van der Waals surface area contributed by atoms with Crippen LogP contribution in [0.15, 0.2) is 278 Å². The van der Waals surface area contributed by atoms with Gasteiger partial charge in [-0.2, -0.15) is 0 Å². The van der Waals surface area contributed by atoms with E-state index in [2.05, 4.69) is 108 Å². The number of benzene rings is 4. The van der Waals surface area contributed by atoms with Crippen molar-refractivity contribution in [2.75, 3.05) is 77.8 Å². The van der Waals surface area contributed by atoms with Crippen LogP contribution in [0.25, 0.3) is 22.6 Å². The second-order valence-electron chi connectivity index (χ2n) is 23.5.